The van der Waals surface area contributed by atoms with Gasteiger partial charge in [0.15, 0.2) is 5.82 Å². The second-order valence-electron chi connectivity index (χ2n) is 6.00. The van der Waals surface area contributed by atoms with Gasteiger partial charge in [-0.05, 0) is 26.2 Å². The highest BCUT2D eigenvalue weighted by Crippen LogP contribution is 2.25. The van der Waals surface area contributed by atoms with E-state index in [1.54, 1.807) is 13.0 Å². The van der Waals surface area contributed by atoms with E-state index in [9.17, 15) is 4.79 Å². The summed E-state index contributed by atoms with van der Waals surface area (Å²) < 4.78 is 7.17. The van der Waals surface area contributed by atoms with Crippen LogP contribution in [0.25, 0.3) is 0 Å². The van der Waals surface area contributed by atoms with E-state index in [-0.39, 0.29) is 11.9 Å². The van der Waals surface area contributed by atoms with Crippen LogP contribution in [0.4, 0.5) is 5.82 Å². The van der Waals surface area contributed by atoms with Crippen molar-refractivity contribution in [3.63, 3.8) is 0 Å². The van der Waals surface area contributed by atoms with Gasteiger partial charge >= 0.3 is 0 Å². The maximum Gasteiger partial charge on any atom is 0.242 e. The monoisotopic (exact) mass is 317 g/mol. The molecule has 0 bridgehead atoms. The third-order valence-corrected chi connectivity index (χ3v) is 4.28. The van der Waals surface area contributed by atoms with Crippen LogP contribution in [0.1, 0.15) is 43.7 Å². The van der Waals surface area contributed by atoms with Crippen molar-refractivity contribution < 1.29 is 9.32 Å². The number of fused-ring (bicyclic) bond motifs is 1. The molecule has 0 saturated carbocycles. The molecule has 2 aromatic heterocycles. The van der Waals surface area contributed by atoms with Crippen molar-refractivity contribution in [1.29, 1.82) is 0 Å². The third kappa shape index (κ3) is 3.61. The third-order valence-electron chi connectivity index (χ3n) is 4.28. The Hall–Kier alpha value is -2.15. The molecule has 23 heavy (non-hydrogen) atoms. The number of amides is 1. The van der Waals surface area contributed by atoms with Gasteiger partial charge in [-0.15, -0.1) is 0 Å². The molecule has 3 heterocycles. The Morgan fingerprint density at radius 1 is 1.57 bits per heavy atom. The molecule has 0 radical (unpaired) electrons. The normalized spacial score (nSPS) is 18.4. The van der Waals surface area contributed by atoms with Crippen molar-refractivity contribution in [2.24, 2.45) is 0 Å². The Morgan fingerprint density at radius 2 is 2.43 bits per heavy atom. The summed E-state index contributed by atoms with van der Waals surface area (Å²) in [5.74, 6) is 2.53. The summed E-state index contributed by atoms with van der Waals surface area (Å²) in [6.07, 6.45) is 6.84. The van der Waals surface area contributed by atoms with Gasteiger partial charge in [0.25, 0.3) is 0 Å². The molecule has 1 aliphatic heterocycles. The first-order chi connectivity index (χ1) is 11.2. The Labute approximate surface area is 135 Å². The number of nitrogens with zero attached hydrogens (tertiary/aromatic N) is 3. The van der Waals surface area contributed by atoms with Gasteiger partial charge in [-0.3, -0.25) is 4.79 Å². The number of carbonyl (C=O) groups excluding carboxylic acids is 1. The van der Waals surface area contributed by atoms with Crippen molar-refractivity contribution >= 4 is 11.7 Å². The van der Waals surface area contributed by atoms with Crippen LogP contribution in [0.5, 0.6) is 0 Å². The molecule has 7 nitrogen and oxygen atoms in total. The van der Waals surface area contributed by atoms with E-state index in [1.807, 2.05) is 19.3 Å². The second kappa shape index (κ2) is 6.95. The topological polar surface area (TPSA) is 85.0 Å². The molecule has 2 N–H and O–H groups in total. The van der Waals surface area contributed by atoms with Gasteiger partial charge in [-0.1, -0.05) is 12.1 Å². The van der Waals surface area contributed by atoms with Crippen LogP contribution < -0.4 is 10.6 Å². The number of imidazole rings is 1. The van der Waals surface area contributed by atoms with E-state index < -0.39 is 0 Å². The summed E-state index contributed by atoms with van der Waals surface area (Å²) >= 11 is 0. The molecule has 2 atom stereocenters. The minimum atomic E-state index is -0.252. The highest BCUT2D eigenvalue weighted by Gasteiger charge is 2.24. The molecule has 0 spiro atoms. The van der Waals surface area contributed by atoms with Crippen LogP contribution in [0, 0.1) is 6.92 Å². The first kappa shape index (κ1) is 15.7. The van der Waals surface area contributed by atoms with Crippen LogP contribution in [0.2, 0.25) is 0 Å². The Balaban J connectivity index is 1.57. The predicted octanol–water partition coefficient (Wildman–Crippen LogP) is 2.06. The molecule has 0 aromatic carbocycles. The van der Waals surface area contributed by atoms with Crippen molar-refractivity contribution in [3.05, 3.63) is 30.0 Å². The van der Waals surface area contributed by atoms with E-state index in [0.29, 0.717) is 23.9 Å². The summed E-state index contributed by atoms with van der Waals surface area (Å²) in [7, 11) is 0. The summed E-state index contributed by atoms with van der Waals surface area (Å²) in [6, 6.07) is 1.46. The fourth-order valence-electron chi connectivity index (χ4n) is 3.05. The molecule has 0 aliphatic carbocycles. The molecule has 3 rings (SSSR count). The number of aryl methyl sites for hydroxylation is 2. The van der Waals surface area contributed by atoms with Gasteiger partial charge in [0, 0.05) is 37.5 Å². The molecule has 2 aromatic rings. The summed E-state index contributed by atoms with van der Waals surface area (Å²) in [5.41, 5.74) is 0. The van der Waals surface area contributed by atoms with E-state index in [2.05, 4.69) is 25.3 Å². The van der Waals surface area contributed by atoms with E-state index in [1.165, 1.54) is 0 Å². The molecule has 7 heteroatoms. The first-order valence-electron chi connectivity index (χ1n) is 8.16. The number of carbonyl (C=O) groups is 1. The standard InChI is InChI=1S/C16H23N5O2/c1-3-13(16(22)19-14-9-11(2)23-20-14)18-10-12-5-4-7-21-8-6-17-15(12)21/h6,8-9,12-13,18H,3-5,7,10H2,1-2H3,(H,19,20,22)/t12-,13+/m0/s1. The average Bonchev–Trinajstić information content (AvgIpc) is 3.17. The fraction of sp³-hybridized carbons (Fsp3) is 0.562. The highest BCUT2D eigenvalue weighted by atomic mass is 16.5. The van der Waals surface area contributed by atoms with Gasteiger partial charge in [0.2, 0.25) is 5.91 Å². The molecule has 0 fully saturated rings. The quantitative estimate of drug-likeness (QED) is 0.852. The largest absolute Gasteiger partial charge is 0.360 e. The number of hydrogen-bond donors (Lipinski definition) is 2. The highest BCUT2D eigenvalue weighted by molar-refractivity contribution is 5.93. The molecule has 1 aliphatic rings. The molecule has 0 saturated heterocycles. The lowest BCUT2D eigenvalue weighted by atomic mass is 9.98. The molecular formula is C16H23N5O2. The number of anilines is 1. The Bertz CT molecular complexity index is 663. The van der Waals surface area contributed by atoms with E-state index in [4.69, 9.17) is 4.52 Å². The van der Waals surface area contributed by atoms with Crippen molar-refractivity contribution in [2.75, 3.05) is 11.9 Å². The lowest BCUT2D eigenvalue weighted by Crippen LogP contribution is -2.42. The van der Waals surface area contributed by atoms with Gasteiger partial charge in [-0.2, -0.15) is 0 Å². The average molecular weight is 317 g/mol. The van der Waals surface area contributed by atoms with Crippen LogP contribution >= 0.6 is 0 Å². The maximum absolute atomic E-state index is 12.3. The van der Waals surface area contributed by atoms with Gasteiger partial charge < -0.3 is 19.7 Å². The molecule has 1 amide bonds. The van der Waals surface area contributed by atoms with E-state index in [0.717, 1.165) is 31.8 Å². The molecular weight excluding hydrogens is 294 g/mol. The van der Waals surface area contributed by atoms with Crippen LogP contribution in [-0.2, 0) is 11.3 Å². The maximum atomic E-state index is 12.3. The van der Waals surface area contributed by atoms with Crippen molar-refractivity contribution in [3.8, 4) is 0 Å². The predicted molar refractivity (Wildman–Crippen MR) is 86.2 cm³/mol. The van der Waals surface area contributed by atoms with Crippen molar-refractivity contribution in [1.82, 2.24) is 20.0 Å². The number of nitrogens with one attached hydrogen (secondary N) is 2. The fourth-order valence-corrected chi connectivity index (χ4v) is 3.05. The zero-order chi connectivity index (χ0) is 16.2. The minimum Gasteiger partial charge on any atom is -0.360 e. The zero-order valence-corrected chi connectivity index (χ0v) is 13.6. The summed E-state index contributed by atoms with van der Waals surface area (Å²) in [5, 5.41) is 9.96. The zero-order valence-electron chi connectivity index (χ0n) is 13.6. The SMILES string of the molecule is CC[C@@H](NC[C@@H]1CCCn2ccnc21)C(=O)Nc1cc(C)on1. The first-order valence-corrected chi connectivity index (χ1v) is 8.16. The Kier molecular flexibility index (Phi) is 4.76. The number of hydrogen-bond acceptors (Lipinski definition) is 5. The molecule has 124 valence electrons. The van der Waals surface area contributed by atoms with Crippen LogP contribution in [0.15, 0.2) is 23.0 Å². The van der Waals surface area contributed by atoms with Gasteiger partial charge in [0.05, 0.1) is 6.04 Å². The lowest BCUT2D eigenvalue weighted by Gasteiger charge is -2.25. The smallest absolute Gasteiger partial charge is 0.242 e. The Morgan fingerprint density at radius 3 is 3.17 bits per heavy atom. The summed E-state index contributed by atoms with van der Waals surface area (Å²) in [6.45, 7) is 5.58. The van der Waals surface area contributed by atoms with E-state index >= 15 is 0 Å². The second-order valence-corrected chi connectivity index (χ2v) is 6.00. The number of aromatic nitrogens is 3. The van der Waals surface area contributed by atoms with Crippen LogP contribution in [-0.4, -0.2) is 33.2 Å². The van der Waals surface area contributed by atoms with Crippen LogP contribution in [0.3, 0.4) is 0 Å². The molecule has 0 unspecified atom stereocenters. The minimum absolute atomic E-state index is 0.0834. The van der Waals surface area contributed by atoms with Gasteiger partial charge in [0.1, 0.15) is 11.6 Å². The lowest BCUT2D eigenvalue weighted by molar-refractivity contribution is -0.118. The van der Waals surface area contributed by atoms with Gasteiger partial charge in [-0.25, -0.2) is 4.98 Å². The summed E-state index contributed by atoms with van der Waals surface area (Å²) in [4.78, 5) is 16.8. The number of rotatable bonds is 6. The van der Waals surface area contributed by atoms with Crippen molar-refractivity contribution in [2.45, 2.75) is 51.6 Å².